The summed E-state index contributed by atoms with van der Waals surface area (Å²) in [6, 6.07) is 4.36. The number of ether oxygens (including phenoxy) is 1. The van der Waals surface area contributed by atoms with Crippen molar-refractivity contribution in [3.63, 3.8) is 0 Å². The molecule has 21 heavy (non-hydrogen) atoms. The number of hydrogen-bond donors (Lipinski definition) is 2. The van der Waals surface area contributed by atoms with Gasteiger partial charge in [-0.15, -0.1) is 0 Å². The average molecular weight is 293 g/mol. The third-order valence-corrected chi connectivity index (χ3v) is 3.96. The smallest absolute Gasteiger partial charge is 0.296 e. The highest BCUT2D eigenvalue weighted by Gasteiger charge is 2.32. The molecule has 1 fully saturated rings. The number of carbonyl (C=O) groups is 1. The first-order chi connectivity index (χ1) is 10.1. The number of methoxy groups -OCH3 is 1. The zero-order chi connectivity index (χ0) is 15.4. The fourth-order valence-electron chi connectivity index (χ4n) is 2.78. The summed E-state index contributed by atoms with van der Waals surface area (Å²) in [6.07, 6.45) is 2.67. The molecule has 0 heterocycles. The van der Waals surface area contributed by atoms with E-state index in [1.807, 2.05) is 0 Å². The van der Waals surface area contributed by atoms with Gasteiger partial charge in [0.05, 0.1) is 18.1 Å². The van der Waals surface area contributed by atoms with Crippen LogP contribution < -0.4 is 15.8 Å². The predicted molar refractivity (Wildman–Crippen MR) is 78.2 cm³/mol. The molecule has 2 rings (SSSR count). The van der Waals surface area contributed by atoms with Crippen LogP contribution >= 0.6 is 0 Å². The van der Waals surface area contributed by atoms with Gasteiger partial charge < -0.3 is 15.8 Å². The van der Waals surface area contributed by atoms with Crippen LogP contribution in [0.25, 0.3) is 0 Å². The minimum absolute atomic E-state index is 0.155. The molecule has 2 atom stereocenters. The Morgan fingerprint density at radius 2 is 2.29 bits per heavy atom. The van der Waals surface area contributed by atoms with Gasteiger partial charge in [-0.05, 0) is 37.4 Å². The number of amides is 1. The highest BCUT2D eigenvalue weighted by atomic mass is 16.6. The summed E-state index contributed by atoms with van der Waals surface area (Å²) in [6.45, 7) is 0.461. The van der Waals surface area contributed by atoms with Crippen LogP contribution in [0.4, 0.5) is 11.4 Å². The van der Waals surface area contributed by atoms with Gasteiger partial charge in [-0.1, -0.05) is 6.42 Å². The van der Waals surface area contributed by atoms with Gasteiger partial charge in [-0.2, -0.15) is 0 Å². The third-order valence-electron chi connectivity index (χ3n) is 3.96. The predicted octanol–water partition coefficient (Wildman–Crippen LogP) is 1.92. The highest BCUT2D eigenvalue weighted by Crippen LogP contribution is 2.34. The average Bonchev–Trinajstić information content (AvgIpc) is 2.96. The number of anilines is 1. The Hall–Kier alpha value is -2.15. The summed E-state index contributed by atoms with van der Waals surface area (Å²) in [5.41, 5.74) is 5.68. The monoisotopic (exact) mass is 293 g/mol. The number of nitro benzene ring substituents is 1. The molecular formula is C14H19N3O4. The van der Waals surface area contributed by atoms with E-state index in [2.05, 4.69) is 5.32 Å². The summed E-state index contributed by atoms with van der Waals surface area (Å²) in [5, 5.41) is 13.7. The number of hydrogen-bond acceptors (Lipinski definition) is 5. The quantitative estimate of drug-likeness (QED) is 0.637. The lowest BCUT2D eigenvalue weighted by molar-refractivity contribution is -0.384. The van der Waals surface area contributed by atoms with Gasteiger partial charge in [0.15, 0.2) is 0 Å². The van der Waals surface area contributed by atoms with Gasteiger partial charge in [0, 0.05) is 5.92 Å². The van der Waals surface area contributed by atoms with Gasteiger partial charge in [0.2, 0.25) is 5.91 Å². The first-order valence-electron chi connectivity index (χ1n) is 6.90. The van der Waals surface area contributed by atoms with Crippen LogP contribution in [0.15, 0.2) is 18.2 Å². The molecule has 0 aromatic heterocycles. The molecule has 1 aliphatic rings. The number of benzene rings is 1. The van der Waals surface area contributed by atoms with E-state index in [1.54, 1.807) is 6.07 Å². The van der Waals surface area contributed by atoms with Gasteiger partial charge >= 0.3 is 0 Å². The van der Waals surface area contributed by atoms with Crippen LogP contribution in [0.3, 0.4) is 0 Å². The maximum atomic E-state index is 12.3. The van der Waals surface area contributed by atoms with E-state index in [9.17, 15) is 14.9 Å². The molecule has 1 aromatic carbocycles. The lowest BCUT2D eigenvalue weighted by Crippen LogP contribution is -2.29. The molecular weight excluding hydrogens is 274 g/mol. The number of rotatable bonds is 5. The van der Waals surface area contributed by atoms with Gasteiger partial charge in [0.25, 0.3) is 5.69 Å². The molecule has 1 aliphatic carbocycles. The Kier molecular flexibility index (Phi) is 4.74. The van der Waals surface area contributed by atoms with Crippen LogP contribution in [0, 0.1) is 22.0 Å². The van der Waals surface area contributed by atoms with Gasteiger partial charge in [-0.25, -0.2) is 0 Å². The van der Waals surface area contributed by atoms with E-state index < -0.39 is 4.92 Å². The van der Waals surface area contributed by atoms with Crippen LogP contribution in [0.5, 0.6) is 5.75 Å². The molecule has 2 unspecified atom stereocenters. The lowest BCUT2D eigenvalue weighted by atomic mass is 9.95. The van der Waals surface area contributed by atoms with E-state index in [4.69, 9.17) is 10.5 Å². The lowest BCUT2D eigenvalue weighted by Gasteiger charge is -2.17. The number of nitro groups is 1. The maximum absolute atomic E-state index is 12.3. The second kappa shape index (κ2) is 6.53. The summed E-state index contributed by atoms with van der Waals surface area (Å²) >= 11 is 0. The Morgan fingerprint density at radius 3 is 2.90 bits per heavy atom. The fraction of sp³-hybridized carbons (Fsp3) is 0.500. The molecule has 1 amide bonds. The largest absolute Gasteiger partial charge is 0.496 e. The number of nitrogens with one attached hydrogen (secondary N) is 1. The van der Waals surface area contributed by atoms with Crippen molar-refractivity contribution in [2.75, 3.05) is 19.0 Å². The van der Waals surface area contributed by atoms with Crippen molar-refractivity contribution >= 4 is 17.3 Å². The second-order valence-corrected chi connectivity index (χ2v) is 5.16. The third kappa shape index (κ3) is 3.30. The minimum Gasteiger partial charge on any atom is -0.496 e. The molecule has 0 saturated heterocycles. The molecule has 3 N–H and O–H groups in total. The van der Waals surface area contributed by atoms with Crippen molar-refractivity contribution in [2.45, 2.75) is 19.3 Å². The molecule has 7 nitrogen and oxygen atoms in total. The minimum atomic E-state index is -0.535. The van der Waals surface area contributed by atoms with Crippen molar-refractivity contribution in [1.82, 2.24) is 0 Å². The number of carbonyl (C=O) groups excluding carboxylic acids is 1. The maximum Gasteiger partial charge on any atom is 0.296 e. The molecule has 0 radical (unpaired) electrons. The van der Waals surface area contributed by atoms with Crippen molar-refractivity contribution in [2.24, 2.45) is 17.6 Å². The Morgan fingerprint density at radius 1 is 1.52 bits per heavy atom. The van der Waals surface area contributed by atoms with E-state index in [0.717, 1.165) is 19.3 Å². The molecule has 7 heteroatoms. The van der Waals surface area contributed by atoms with Crippen LogP contribution in [0.1, 0.15) is 19.3 Å². The van der Waals surface area contributed by atoms with Crippen molar-refractivity contribution in [1.29, 1.82) is 0 Å². The topological polar surface area (TPSA) is 107 Å². The molecule has 0 aliphatic heterocycles. The zero-order valence-corrected chi connectivity index (χ0v) is 11.9. The standard InChI is InChI=1S/C14H19N3O4/c1-21-10-5-6-12(13(7-10)17(19)20)16-14(18)11-4-2-3-9(11)8-15/h5-7,9,11H,2-4,8,15H2,1H3,(H,16,18). The van der Waals surface area contributed by atoms with E-state index in [-0.39, 0.29) is 29.1 Å². The number of nitrogens with two attached hydrogens (primary N) is 1. The SMILES string of the molecule is COc1ccc(NC(=O)C2CCCC2CN)c([N+](=O)[O-])c1. The van der Waals surface area contributed by atoms with Crippen LogP contribution in [-0.2, 0) is 4.79 Å². The Labute approximate surface area is 122 Å². The first-order valence-corrected chi connectivity index (χ1v) is 6.90. The highest BCUT2D eigenvalue weighted by molar-refractivity contribution is 5.95. The van der Waals surface area contributed by atoms with Crippen molar-refractivity contribution < 1.29 is 14.5 Å². The van der Waals surface area contributed by atoms with E-state index >= 15 is 0 Å². The van der Waals surface area contributed by atoms with E-state index in [1.165, 1.54) is 19.2 Å². The molecule has 0 bridgehead atoms. The summed E-state index contributed by atoms with van der Waals surface area (Å²) in [5.74, 6) is 0.163. The van der Waals surface area contributed by atoms with Crippen LogP contribution in [0.2, 0.25) is 0 Å². The number of nitrogens with zero attached hydrogens (tertiary/aromatic N) is 1. The van der Waals surface area contributed by atoms with Gasteiger partial charge in [0.1, 0.15) is 11.4 Å². The summed E-state index contributed by atoms with van der Waals surface area (Å²) < 4.78 is 4.97. The fourth-order valence-corrected chi connectivity index (χ4v) is 2.78. The normalized spacial score (nSPS) is 21.0. The molecule has 114 valence electrons. The summed E-state index contributed by atoms with van der Waals surface area (Å²) in [4.78, 5) is 22.9. The zero-order valence-electron chi connectivity index (χ0n) is 11.9. The Bertz CT molecular complexity index is 547. The summed E-state index contributed by atoms with van der Waals surface area (Å²) in [7, 11) is 1.43. The van der Waals surface area contributed by atoms with E-state index in [0.29, 0.717) is 12.3 Å². The second-order valence-electron chi connectivity index (χ2n) is 5.16. The molecule has 1 aromatic rings. The first kappa shape index (κ1) is 15.2. The molecule has 0 spiro atoms. The van der Waals surface area contributed by atoms with Crippen molar-refractivity contribution in [3.05, 3.63) is 28.3 Å². The van der Waals surface area contributed by atoms with Gasteiger partial charge in [-0.3, -0.25) is 14.9 Å². The Balaban J connectivity index is 2.19. The van der Waals surface area contributed by atoms with Crippen molar-refractivity contribution in [3.8, 4) is 5.75 Å². The molecule has 1 saturated carbocycles. The van der Waals surface area contributed by atoms with Crippen LogP contribution in [-0.4, -0.2) is 24.5 Å².